The lowest BCUT2D eigenvalue weighted by Crippen LogP contribution is -2.47. The third kappa shape index (κ3) is 21.3. The van der Waals surface area contributed by atoms with E-state index in [0.717, 1.165) is 42.0 Å². The minimum atomic E-state index is -6.25. The fourth-order valence-electron chi connectivity index (χ4n) is 9.48. The summed E-state index contributed by atoms with van der Waals surface area (Å²) in [5.74, 6) is -8.65. The SMILES string of the molecule is CC(=O)NC(CCCCCP(=O)([O-])OP(=O)([O-])OP(=O)([O-])OC[C@H]1O[C@@H](n2cc(/C=C/CNC(=O)CCC(=O)[O-])c(=O)[nH]c2=O)CC1O)C(=O)CC(=O)NC(CCCCCNC(=O)c1ccc(-c2c3cc(F)c(=O)cc-3oc3cc(O)c(F)cc23)c(C)c1)C(N)=O. The molecule has 1 fully saturated rings. The number of phenolic OH excluding ortho intramolecular Hbond substituents is 1. The van der Waals surface area contributed by atoms with Crippen LogP contribution in [0.5, 0.6) is 5.75 Å². The van der Waals surface area contributed by atoms with E-state index in [1.807, 2.05) is 4.98 Å². The van der Waals surface area contributed by atoms with Crippen molar-refractivity contribution >= 4 is 81.6 Å². The molecule has 3 aromatic rings. The molecule has 0 radical (unpaired) electrons. The summed E-state index contributed by atoms with van der Waals surface area (Å²) >= 11 is 0. The molecule has 1 aliphatic carbocycles. The molecule has 91 heavy (non-hydrogen) atoms. The van der Waals surface area contributed by atoms with Gasteiger partial charge in [-0.1, -0.05) is 43.9 Å². The number of hydrogen-bond donors (Lipinski definition) is 8. The Kier molecular flexibility index (Phi) is 25.3. The number of rotatable bonds is 34. The minimum Gasteiger partial charge on any atom is -0.778 e. The highest BCUT2D eigenvalue weighted by Crippen LogP contribution is 2.63. The van der Waals surface area contributed by atoms with Gasteiger partial charge in [0.25, 0.3) is 27.1 Å². The zero-order chi connectivity index (χ0) is 67.1. The molecule has 6 rings (SSSR count). The van der Waals surface area contributed by atoms with E-state index in [-0.39, 0.29) is 90.6 Å². The van der Waals surface area contributed by atoms with Gasteiger partial charge < -0.3 is 80.0 Å². The number of fused-ring (bicyclic) bond motifs is 2. The number of carbonyl (C=O) groups is 7. The van der Waals surface area contributed by atoms with Crippen LogP contribution in [0.2, 0.25) is 0 Å². The number of nitrogens with one attached hydrogen (secondary N) is 5. The second kappa shape index (κ2) is 31.9. The van der Waals surface area contributed by atoms with Gasteiger partial charge in [0.15, 0.2) is 23.2 Å². The van der Waals surface area contributed by atoms with Gasteiger partial charge >= 0.3 is 5.69 Å². The number of aliphatic hydroxyl groups is 1. The lowest BCUT2D eigenvalue weighted by Gasteiger charge is -2.35. The van der Waals surface area contributed by atoms with Gasteiger partial charge in [-0.3, -0.25) is 61.3 Å². The number of ketones is 1. The Hall–Kier alpha value is -7.93. The molecule has 1 aromatic heterocycles. The maximum atomic E-state index is 14.6. The van der Waals surface area contributed by atoms with E-state index >= 15 is 0 Å². The van der Waals surface area contributed by atoms with Crippen LogP contribution in [0.4, 0.5) is 8.78 Å². The molecule has 8 atom stereocenters. The highest BCUT2D eigenvalue weighted by molar-refractivity contribution is 7.66. The van der Waals surface area contributed by atoms with Gasteiger partial charge in [-0.2, -0.15) is 0 Å². The number of aryl methyl sites for hydroxylation is 1. The van der Waals surface area contributed by atoms with E-state index in [2.05, 4.69) is 34.4 Å². The van der Waals surface area contributed by atoms with Crippen molar-refractivity contribution in [3.63, 3.8) is 0 Å². The van der Waals surface area contributed by atoms with Crippen molar-refractivity contribution in [2.45, 2.75) is 121 Å². The van der Waals surface area contributed by atoms with Crippen molar-refractivity contribution in [2.75, 3.05) is 25.9 Å². The summed E-state index contributed by atoms with van der Waals surface area (Å²) in [6, 6.07) is 6.04. The Morgan fingerprint density at radius 1 is 0.857 bits per heavy atom. The number of amides is 5. The summed E-state index contributed by atoms with van der Waals surface area (Å²) in [7, 11) is -17.7. The molecule has 494 valence electrons. The first-order valence-electron chi connectivity index (χ1n) is 27.9. The van der Waals surface area contributed by atoms with Crippen molar-refractivity contribution < 1.29 is 108 Å². The zero-order valence-electron chi connectivity index (χ0n) is 48.5. The largest absolute Gasteiger partial charge is 0.778 e. The van der Waals surface area contributed by atoms with Crippen LogP contribution < -0.4 is 63.5 Å². The van der Waals surface area contributed by atoms with Crippen LogP contribution >= 0.6 is 23.2 Å². The molecule has 1 saturated heterocycles. The van der Waals surface area contributed by atoms with E-state index in [4.69, 9.17) is 14.9 Å². The van der Waals surface area contributed by atoms with Crippen molar-refractivity contribution in [1.82, 2.24) is 30.8 Å². The molecule has 2 aromatic carbocycles. The smallest absolute Gasteiger partial charge is 0.330 e. The summed E-state index contributed by atoms with van der Waals surface area (Å²) in [5.41, 5.74) is 4.15. The van der Waals surface area contributed by atoms with Gasteiger partial charge in [-0.25, -0.2) is 17.9 Å². The maximum Gasteiger partial charge on any atom is 0.330 e. The number of Topliss-reactive ketones (excluding diaryl/α,β-unsaturated/α-hetero) is 1. The number of ether oxygens (including phenoxy) is 1. The van der Waals surface area contributed by atoms with Crippen LogP contribution in [-0.4, -0.2) is 111 Å². The van der Waals surface area contributed by atoms with Crippen LogP contribution in [0, 0.1) is 18.6 Å². The van der Waals surface area contributed by atoms with Crippen LogP contribution in [-0.2, 0) is 60.3 Å². The normalized spacial score (nSPS) is 17.6. The number of carbonyl (C=O) groups excluding carboxylic acids is 7. The van der Waals surface area contributed by atoms with E-state index in [1.54, 1.807) is 19.1 Å². The molecule has 9 N–H and O–H groups in total. The second-order valence-electron chi connectivity index (χ2n) is 20.9. The number of carboxylic acids is 1. The molecule has 31 nitrogen and oxygen atoms in total. The molecular weight excluding hydrogens is 1270 g/mol. The first kappa shape index (κ1) is 72.1. The number of primary amides is 1. The predicted octanol–water partition coefficient (Wildman–Crippen LogP) is 0.540. The number of aromatic hydroxyl groups is 1. The number of phosphoric acid groups is 2. The predicted molar refractivity (Wildman–Crippen MR) is 306 cm³/mol. The molecule has 5 amide bonds. The number of aliphatic hydroxyl groups excluding tert-OH is 1. The third-order valence-corrected chi connectivity index (χ3v) is 18.6. The number of phenols is 1. The van der Waals surface area contributed by atoms with Crippen molar-refractivity contribution in [1.29, 1.82) is 0 Å². The first-order valence-corrected chi connectivity index (χ1v) is 32.5. The van der Waals surface area contributed by atoms with Gasteiger partial charge in [0.2, 0.25) is 29.1 Å². The van der Waals surface area contributed by atoms with E-state index in [1.165, 1.54) is 18.2 Å². The Morgan fingerprint density at radius 2 is 1.56 bits per heavy atom. The number of H-pyrrole nitrogens is 1. The third-order valence-electron chi connectivity index (χ3n) is 13.9. The summed E-state index contributed by atoms with van der Waals surface area (Å²) < 4.78 is 91.2. The zero-order valence-corrected chi connectivity index (χ0v) is 51.2. The van der Waals surface area contributed by atoms with Gasteiger partial charge in [-0.05, 0) is 74.4 Å². The van der Waals surface area contributed by atoms with Gasteiger partial charge in [0.1, 0.15) is 37.3 Å². The average molecular weight is 1340 g/mol. The van der Waals surface area contributed by atoms with Crippen molar-refractivity contribution in [2.24, 2.45) is 5.73 Å². The molecule has 0 saturated carbocycles. The Labute approximate surface area is 514 Å². The van der Waals surface area contributed by atoms with Crippen LogP contribution in [0.25, 0.3) is 39.5 Å². The minimum absolute atomic E-state index is 0.000820. The number of nitrogens with two attached hydrogens (primary N) is 1. The van der Waals surface area contributed by atoms with Gasteiger partial charge in [0.05, 0.1) is 30.7 Å². The Bertz CT molecular complexity index is 3910. The number of nitrogens with zero attached hydrogens (tertiary/aromatic N) is 1. The Morgan fingerprint density at radius 3 is 2.24 bits per heavy atom. The first-order chi connectivity index (χ1) is 42.7. The molecule has 3 aliphatic rings. The van der Waals surface area contributed by atoms with Crippen LogP contribution in [0.15, 0.2) is 73.5 Å². The number of halogens is 2. The van der Waals surface area contributed by atoms with Crippen molar-refractivity contribution in [3.8, 4) is 28.2 Å². The average Bonchev–Trinajstić information content (AvgIpc) is 1.14. The Balaban J connectivity index is 0.894. The number of benzene rings is 3. The number of aromatic nitrogens is 2. The quantitative estimate of drug-likeness (QED) is 0.0121. The lowest BCUT2D eigenvalue weighted by atomic mass is 9.90. The van der Waals surface area contributed by atoms with Crippen LogP contribution in [0.1, 0.15) is 112 Å². The fourth-order valence-corrected chi connectivity index (χ4v) is 13.5. The standard InChI is InChI=1S/C55H66F2N7O24P3/c1-29-20-31(13-14-33(29)51-34-21-36(56)40(66)23-44(34)85-45-24-41(67)37(57)22-35(45)51)53(75)60-17-7-3-5-12-39(52(58)74)62-48(71)25-42(68)38(61-30(2)65)11-6-4-8-19-89(78,79)87-91(82,83)88-90(80,81)84-28-46-43(69)26-49(86-46)64-27-32(54(76)63-55(64)77)10-9-18-59-47(70)15-16-50(72)73/h9-10,13-14,20-24,27,38-39,43,46,49,66,69H,3-8,11-12,15-19,25-26,28H2,1-2H3,(H2,58,74)(H,59,70)(H,60,75)(H,61,65)(H,62,71)(H,72,73)(H,78,79)(H,80,81)(H,82,83)(H,63,76,77)/p-4/b10-9+/t38?,39?,43?,46-,49-/m1/s1. The molecule has 0 spiro atoms. The topological polar surface area (TPSA) is 500 Å². The number of carboxylic acid groups (broad SMARTS) is 1. The van der Waals surface area contributed by atoms with E-state index in [9.17, 15) is 100 Å². The monoisotopic (exact) mass is 1340 g/mol. The van der Waals surface area contributed by atoms with Crippen molar-refractivity contribution in [3.05, 3.63) is 114 Å². The summed E-state index contributed by atoms with van der Waals surface area (Å²) in [6.07, 6.45) is -3.51. The molecule has 6 unspecified atom stereocenters. The highest BCUT2D eigenvalue weighted by Gasteiger charge is 2.38. The molecule has 3 heterocycles. The molecular formula is C55H62F2N7O24P3-4. The summed E-state index contributed by atoms with van der Waals surface area (Å²) in [5, 5.41) is 41.1. The van der Waals surface area contributed by atoms with Crippen LogP contribution in [0.3, 0.4) is 0 Å². The number of aliphatic carboxylic acids is 1. The summed E-state index contributed by atoms with van der Waals surface area (Å²) in [4.78, 5) is 162. The van der Waals surface area contributed by atoms with Gasteiger partial charge in [-0.15, -0.1) is 0 Å². The number of phosphoric ester groups is 1. The highest BCUT2D eigenvalue weighted by atomic mass is 31.3. The summed E-state index contributed by atoms with van der Waals surface area (Å²) in [6.45, 7) is 1.63. The van der Waals surface area contributed by atoms with E-state index in [0.29, 0.717) is 30.4 Å². The number of aromatic amines is 1. The molecule has 0 bridgehead atoms. The maximum absolute atomic E-state index is 14.6. The van der Waals surface area contributed by atoms with E-state index < -0.39 is 161 Å². The number of hydrogen-bond acceptors (Lipinski definition) is 24. The molecule has 36 heteroatoms. The number of unbranched alkanes of at least 4 members (excludes halogenated alkanes) is 4. The fraction of sp³-hybridized carbons (Fsp3) is 0.418. The lowest BCUT2D eigenvalue weighted by molar-refractivity contribution is -0.305. The van der Waals surface area contributed by atoms with Gasteiger partial charge in [0, 0.05) is 85.4 Å². The molecule has 2 aliphatic heterocycles. The second-order valence-corrected chi connectivity index (χ2v) is 25.9.